The fraction of sp³-hybridized carbons (Fsp3) is 0.263. The van der Waals surface area contributed by atoms with E-state index in [-0.39, 0.29) is 18.6 Å². The molecule has 0 aliphatic carbocycles. The number of aliphatic imine (C=N–C) groups is 1. The van der Waals surface area contributed by atoms with Gasteiger partial charge in [-0.05, 0) is 25.5 Å². The fourth-order valence-corrected chi connectivity index (χ4v) is 2.99. The van der Waals surface area contributed by atoms with Crippen molar-refractivity contribution < 1.29 is 9.53 Å². The number of hydrogen-bond acceptors (Lipinski definition) is 4. The lowest BCUT2D eigenvalue weighted by Gasteiger charge is -2.37. The molecule has 118 valence electrons. The number of benzene rings is 2. The number of carbonyl (C=O) groups is 1. The largest absolute Gasteiger partial charge is 0.468 e. The second-order valence-electron chi connectivity index (χ2n) is 5.74. The van der Waals surface area contributed by atoms with Crippen LogP contribution >= 0.6 is 0 Å². The topological polar surface area (TPSA) is 41.9 Å². The van der Waals surface area contributed by atoms with E-state index in [4.69, 9.17) is 4.74 Å². The molecule has 4 nitrogen and oxygen atoms in total. The van der Waals surface area contributed by atoms with E-state index in [0.29, 0.717) is 0 Å². The first-order chi connectivity index (χ1) is 11.1. The third-order valence-electron chi connectivity index (χ3n) is 4.13. The molecule has 0 bridgehead atoms. The van der Waals surface area contributed by atoms with Crippen molar-refractivity contribution in [1.82, 2.24) is 4.90 Å². The minimum Gasteiger partial charge on any atom is -0.468 e. The summed E-state index contributed by atoms with van der Waals surface area (Å²) >= 11 is 0. The Hall–Kier alpha value is -2.62. The van der Waals surface area contributed by atoms with Gasteiger partial charge in [-0.15, -0.1) is 0 Å². The molecule has 0 spiro atoms. The highest BCUT2D eigenvalue weighted by Gasteiger charge is 2.31. The number of fused-ring (bicyclic) bond motifs is 1. The molecule has 3 rings (SSSR count). The van der Waals surface area contributed by atoms with E-state index in [0.717, 1.165) is 22.6 Å². The number of carbonyl (C=O) groups excluding carboxylic acids is 1. The van der Waals surface area contributed by atoms with Crippen LogP contribution in [-0.4, -0.2) is 30.4 Å². The van der Waals surface area contributed by atoms with Gasteiger partial charge in [0, 0.05) is 5.56 Å². The Morgan fingerprint density at radius 2 is 1.91 bits per heavy atom. The molecule has 1 aliphatic heterocycles. The summed E-state index contributed by atoms with van der Waals surface area (Å²) in [7, 11) is 1.41. The third-order valence-corrected chi connectivity index (χ3v) is 4.13. The molecule has 0 fully saturated rings. The Kier molecular flexibility index (Phi) is 4.15. The SMILES string of the molecule is COC(=O)CN1C(C)=Nc2ccc(C)cc2[C@@H]1c1ccccc1. The number of esters is 1. The summed E-state index contributed by atoms with van der Waals surface area (Å²) in [5.74, 6) is 0.553. The summed E-state index contributed by atoms with van der Waals surface area (Å²) < 4.78 is 4.86. The van der Waals surface area contributed by atoms with E-state index >= 15 is 0 Å². The van der Waals surface area contributed by atoms with E-state index in [2.05, 4.69) is 36.2 Å². The first kappa shape index (κ1) is 15.3. The highest BCUT2D eigenvalue weighted by Crippen LogP contribution is 2.39. The Morgan fingerprint density at radius 1 is 1.17 bits per heavy atom. The quantitative estimate of drug-likeness (QED) is 0.813. The standard InChI is InChI=1S/C19H20N2O2/c1-13-9-10-17-16(11-13)19(15-7-5-4-6-8-15)21(14(2)20-17)12-18(22)23-3/h4-11,19H,12H2,1-3H3/t19-/m0/s1. The molecule has 0 N–H and O–H groups in total. The minimum atomic E-state index is -0.267. The van der Waals surface area contributed by atoms with Crippen LogP contribution in [0.2, 0.25) is 0 Å². The third kappa shape index (κ3) is 2.97. The zero-order valence-electron chi connectivity index (χ0n) is 13.6. The maximum atomic E-state index is 11.9. The molecule has 0 radical (unpaired) electrons. The van der Waals surface area contributed by atoms with Crippen LogP contribution in [0.15, 0.2) is 53.5 Å². The zero-order valence-corrected chi connectivity index (χ0v) is 13.6. The molecule has 0 saturated carbocycles. The summed E-state index contributed by atoms with van der Waals surface area (Å²) in [5.41, 5.74) is 4.39. The molecule has 0 aromatic heterocycles. The van der Waals surface area contributed by atoms with Gasteiger partial charge in [0.2, 0.25) is 0 Å². The summed E-state index contributed by atoms with van der Waals surface area (Å²) in [5, 5.41) is 0. The van der Waals surface area contributed by atoms with Gasteiger partial charge in [0.15, 0.2) is 0 Å². The van der Waals surface area contributed by atoms with Crippen LogP contribution < -0.4 is 0 Å². The van der Waals surface area contributed by atoms with Gasteiger partial charge in [0.25, 0.3) is 0 Å². The van der Waals surface area contributed by atoms with Crippen LogP contribution in [0.5, 0.6) is 0 Å². The highest BCUT2D eigenvalue weighted by molar-refractivity contribution is 5.89. The highest BCUT2D eigenvalue weighted by atomic mass is 16.5. The van der Waals surface area contributed by atoms with E-state index in [9.17, 15) is 4.79 Å². The zero-order chi connectivity index (χ0) is 16.4. The minimum absolute atomic E-state index is 0.0392. The van der Waals surface area contributed by atoms with Gasteiger partial charge in [0.1, 0.15) is 12.4 Å². The maximum absolute atomic E-state index is 11.9. The summed E-state index contributed by atoms with van der Waals surface area (Å²) in [6, 6.07) is 16.4. The number of rotatable bonds is 3. The van der Waals surface area contributed by atoms with Gasteiger partial charge in [-0.1, -0.05) is 48.0 Å². The number of hydrogen-bond donors (Lipinski definition) is 0. The smallest absolute Gasteiger partial charge is 0.325 e. The molecule has 0 amide bonds. The summed E-state index contributed by atoms with van der Waals surface area (Å²) in [4.78, 5) is 18.5. The van der Waals surface area contributed by atoms with E-state index in [1.165, 1.54) is 12.7 Å². The first-order valence-electron chi connectivity index (χ1n) is 7.64. The summed E-state index contributed by atoms with van der Waals surface area (Å²) in [6.07, 6.45) is 0. The van der Waals surface area contributed by atoms with Crippen molar-refractivity contribution in [2.45, 2.75) is 19.9 Å². The van der Waals surface area contributed by atoms with E-state index in [1.54, 1.807) is 0 Å². The molecular weight excluding hydrogens is 288 g/mol. The average Bonchev–Trinajstić information content (AvgIpc) is 2.56. The van der Waals surface area contributed by atoms with Crippen LogP contribution in [0.1, 0.15) is 29.7 Å². The monoisotopic (exact) mass is 308 g/mol. The van der Waals surface area contributed by atoms with Crippen molar-refractivity contribution in [1.29, 1.82) is 0 Å². The molecule has 2 aromatic carbocycles. The Morgan fingerprint density at radius 3 is 2.61 bits per heavy atom. The second-order valence-corrected chi connectivity index (χ2v) is 5.74. The number of aryl methyl sites for hydroxylation is 1. The van der Waals surface area contributed by atoms with Crippen LogP contribution in [0.25, 0.3) is 0 Å². The second kappa shape index (κ2) is 6.24. The molecular formula is C19H20N2O2. The fourth-order valence-electron chi connectivity index (χ4n) is 2.99. The predicted molar refractivity (Wildman–Crippen MR) is 91.0 cm³/mol. The maximum Gasteiger partial charge on any atom is 0.325 e. The Labute approximate surface area is 136 Å². The molecule has 1 atom stereocenters. The van der Waals surface area contributed by atoms with E-state index in [1.807, 2.05) is 36.1 Å². The lowest BCUT2D eigenvalue weighted by atomic mass is 9.92. The lowest BCUT2D eigenvalue weighted by Crippen LogP contribution is -2.40. The molecule has 0 unspecified atom stereocenters. The van der Waals surface area contributed by atoms with Crippen molar-refractivity contribution in [3.05, 3.63) is 65.2 Å². The Balaban J connectivity index is 2.13. The molecule has 2 aromatic rings. The van der Waals surface area contributed by atoms with Gasteiger partial charge in [-0.25, -0.2) is 4.99 Å². The van der Waals surface area contributed by atoms with Gasteiger partial charge in [-0.3, -0.25) is 4.79 Å². The average molecular weight is 308 g/mol. The van der Waals surface area contributed by atoms with Crippen molar-refractivity contribution in [3.63, 3.8) is 0 Å². The van der Waals surface area contributed by atoms with Crippen LogP contribution in [0.3, 0.4) is 0 Å². The van der Waals surface area contributed by atoms with E-state index < -0.39 is 0 Å². The number of amidine groups is 1. The van der Waals surface area contributed by atoms with Crippen LogP contribution in [0, 0.1) is 6.92 Å². The van der Waals surface area contributed by atoms with Gasteiger partial charge in [0.05, 0.1) is 18.8 Å². The number of ether oxygens (including phenoxy) is 1. The molecule has 0 saturated heterocycles. The normalized spacial score (nSPS) is 16.6. The number of methoxy groups -OCH3 is 1. The van der Waals surface area contributed by atoms with Crippen molar-refractivity contribution in [3.8, 4) is 0 Å². The molecule has 1 heterocycles. The van der Waals surface area contributed by atoms with Crippen LogP contribution in [0.4, 0.5) is 5.69 Å². The van der Waals surface area contributed by atoms with Crippen LogP contribution in [-0.2, 0) is 9.53 Å². The molecule has 23 heavy (non-hydrogen) atoms. The van der Waals surface area contributed by atoms with Crippen molar-refractivity contribution in [2.75, 3.05) is 13.7 Å². The first-order valence-corrected chi connectivity index (χ1v) is 7.64. The van der Waals surface area contributed by atoms with Gasteiger partial charge >= 0.3 is 5.97 Å². The number of nitrogens with zero attached hydrogens (tertiary/aromatic N) is 2. The van der Waals surface area contributed by atoms with Gasteiger partial charge < -0.3 is 9.64 Å². The Bertz CT molecular complexity index is 753. The summed E-state index contributed by atoms with van der Waals surface area (Å²) in [6.45, 7) is 4.18. The van der Waals surface area contributed by atoms with Crippen molar-refractivity contribution in [2.24, 2.45) is 4.99 Å². The van der Waals surface area contributed by atoms with Gasteiger partial charge in [-0.2, -0.15) is 0 Å². The molecule has 1 aliphatic rings. The van der Waals surface area contributed by atoms with Crippen molar-refractivity contribution >= 4 is 17.5 Å². The molecule has 4 heteroatoms. The lowest BCUT2D eigenvalue weighted by molar-refractivity contribution is -0.141. The predicted octanol–water partition coefficient (Wildman–Crippen LogP) is 3.62.